The highest BCUT2D eigenvalue weighted by Crippen LogP contribution is 2.24. The molecule has 0 saturated carbocycles. The van der Waals surface area contributed by atoms with Gasteiger partial charge in [0.25, 0.3) is 0 Å². The van der Waals surface area contributed by atoms with E-state index in [0.29, 0.717) is 0 Å². The van der Waals surface area contributed by atoms with Crippen molar-refractivity contribution in [3.8, 4) is 16.3 Å². The Kier molecular flexibility index (Phi) is 4.12. The number of hydrogen-bond donors (Lipinski definition) is 1. The zero-order chi connectivity index (χ0) is 15.4. The van der Waals surface area contributed by atoms with Crippen LogP contribution in [-0.4, -0.2) is 15.9 Å². The SMILES string of the molecule is O=C(C=Cc1csc(-c2ccccc2)n1)c1ccccc1O. The average Bonchev–Trinajstić information content (AvgIpc) is 3.03. The van der Waals surface area contributed by atoms with Gasteiger partial charge in [0.2, 0.25) is 0 Å². The van der Waals surface area contributed by atoms with E-state index in [4.69, 9.17) is 0 Å². The fourth-order valence-corrected chi connectivity index (χ4v) is 2.80. The first-order valence-corrected chi connectivity index (χ1v) is 7.63. The van der Waals surface area contributed by atoms with Gasteiger partial charge in [0.15, 0.2) is 5.78 Å². The van der Waals surface area contributed by atoms with Gasteiger partial charge in [-0.2, -0.15) is 0 Å². The number of allylic oxidation sites excluding steroid dienone is 1. The molecule has 3 aromatic rings. The zero-order valence-electron chi connectivity index (χ0n) is 11.6. The molecule has 0 unspecified atom stereocenters. The van der Waals surface area contributed by atoms with Gasteiger partial charge < -0.3 is 5.11 Å². The number of ketones is 1. The molecule has 3 nitrogen and oxygen atoms in total. The highest BCUT2D eigenvalue weighted by Gasteiger charge is 2.07. The molecule has 0 fully saturated rings. The fourth-order valence-electron chi connectivity index (χ4n) is 2.01. The van der Waals surface area contributed by atoms with Crippen molar-refractivity contribution in [2.24, 2.45) is 0 Å². The maximum Gasteiger partial charge on any atom is 0.189 e. The third-order valence-electron chi connectivity index (χ3n) is 3.12. The molecule has 1 aromatic heterocycles. The van der Waals surface area contributed by atoms with Crippen molar-refractivity contribution in [1.29, 1.82) is 0 Å². The Balaban J connectivity index is 1.78. The molecule has 22 heavy (non-hydrogen) atoms. The number of carbonyl (C=O) groups is 1. The number of phenolic OH excluding ortho intramolecular Hbond substituents is 1. The summed E-state index contributed by atoms with van der Waals surface area (Å²) >= 11 is 1.53. The lowest BCUT2D eigenvalue weighted by Crippen LogP contribution is -1.94. The van der Waals surface area contributed by atoms with Gasteiger partial charge in [-0.05, 0) is 24.3 Å². The van der Waals surface area contributed by atoms with Gasteiger partial charge in [-0.3, -0.25) is 4.79 Å². The van der Waals surface area contributed by atoms with Crippen LogP contribution in [0.2, 0.25) is 0 Å². The number of rotatable bonds is 4. The molecular weight excluding hydrogens is 294 g/mol. The van der Waals surface area contributed by atoms with E-state index in [0.717, 1.165) is 16.3 Å². The van der Waals surface area contributed by atoms with Gasteiger partial charge in [-0.15, -0.1) is 11.3 Å². The molecule has 4 heteroatoms. The summed E-state index contributed by atoms with van der Waals surface area (Å²) in [7, 11) is 0. The van der Waals surface area contributed by atoms with Gasteiger partial charge in [0.1, 0.15) is 10.8 Å². The summed E-state index contributed by atoms with van der Waals surface area (Å²) in [5, 5.41) is 12.5. The summed E-state index contributed by atoms with van der Waals surface area (Å²) in [5.41, 5.74) is 2.07. The normalized spacial score (nSPS) is 10.9. The largest absolute Gasteiger partial charge is 0.507 e. The first-order valence-electron chi connectivity index (χ1n) is 6.75. The van der Waals surface area contributed by atoms with Crippen LogP contribution in [0.4, 0.5) is 0 Å². The van der Waals surface area contributed by atoms with E-state index < -0.39 is 0 Å². The number of carbonyl (C=O) groups excluding carboxylic acids is 1. The number of aromatic nitrogens is 1. The monoisotopic (exact) mass is 307 g/mol. The lowest BCUT2D eigenvalue weighted by molar-refractivity contribution is 0.104. The Labute approximate surface area is 132 Å². The molecule has 0 aliphatic carbocycles. The van der Waals surface area contributed by atoms with Gasteiger partial charge in [-0.25, -0.2) is 4.98 Å². The van der Waals surface area contributed by atoms with Crippen LogP contribution in [0.3, 0.4) is 0 Å². The standard InChI is InChI=1S/C18H13NO2S/c20-16-9-5-4-8-15(16)17(21)11-10-14-12-22-18(19-14)13-6-2-1-3-7-13/h1-12,20H. The predicted octanol–water partition coefficient (Wildman–Crippen LogP) is 4.41. The first kappa shape index (κ1) is 14.2. The summed E-state index contributed by atoms with van der Waals surface area (Å²) in [5.74, 6) is -0.257. The molecule has 0 spiro atoms. The lowest BCUT2D eigenvalue weighted by Gasteiger charge is -1.98. The summed E-state index contributed by atoms with van der Waals surface area (Å²) in [4.78, 5) is 16.5. The third kappa shape index (κ3) is 3.13. The lowest BCUT2D eigenvalue weighted by atomic mass is 10.1. The number of thiazole rings is 1. The van der Waals surface area contributed by atoms with E-state index in [9.17, 15) is 9.90 Å². The quantitative estimate of drug-likeness (QED) is 0.573. The molecule has 2 aromatic carbocycles. The second-order valence-electron chi connectivity index (χ2n) is 4.66. The predicted molar refractivity (Wildman–Crippen MR) is 89.0 cm³/mol. The molecule has 0 aliphatic heterocycles. The van der Waals surface area contributed by atoms with Crippen LogP contribution in [-0.2, 0) is 0 Å². The number of phenols is 1. The van der Waals surface area contributed by atoms with Crippen LogP contribution in [0.5, 0.6) is 5.75 Å². The first-order chi connectivity index (χ1) is 10.7. The minimum Gasteiger partial charge on any atom is -0.507 e. The molecule has 0 amide bonds. The number of aromatic hydroxyl groups is 1. The van der Waals surface area contributed by atoms with E-state index in [1.54, 1.807) is 24.3 Å². The number of hydrogen-bond acceptors (Lipinski definition) is 4. The fraction of sp³-hybridized carbons (Fsp3) is 0. The smallest absolute Gasteiger partial charge is 0.189 e. The van der Waals surface area contributed by atoms with Crippen molar-refractivity contribution in [1.82, 2.24) is 4.98 Å². The van der Waals surface area contributed by atoms with Crippen molar-refractivity contribution >= 4 is 23.2 Å². The zero-order valence-corrected chi connectivity index (χ0v) is 12.5. The Hall–Kier alpha value is -2.72. The van der Waals surface area contributed by atoms with Crippen molar-refractivity contribution in [2.75, 3.05) is 0 Å². The van der Waals surface area contributed by atoms with E-state index in [1.165, 1.54) is 23.5 Å². The molecule has 0 atom stereocenters. The van der Waals surface area contributed by atoms with E-state index in [-0.39, 0.29) is 17.1 Å². The molecular formula is C18H13NO2S. The van der Waals surface area contributed by atoms with Gasteiger partial charge in [0.05, 0.1) is 11.3 Å². The topological polar surface area (TPSA) is 50.2 Å². The van der Waals surface area contributed by atoms with Crippen LogP contribution in [0.1, 0.15) is 16.1 Å². The van der Waals surface area contributed by atoms with Gasteiger partial charge in [0, 0.05) is 10.9 Å². The molecule has 0 aliphatic rings. The Morgan fingerprint density at radius 1 is 1.05 bits per heavy atom. The second kappa shape index (κ2) is 6.37. The Morgan fingerprint density at radius 2 is 1.77 bits per heavy atom. The van der Waals surface area contributed by atoms with E-state index in [2.05, 4.69) is 4.98 Å². The highest BCUT2D eigenvalue weighted by atomic mass is 32.1. The van der Waals surface area contributed by atoms with E-state index >= 15 is 0 Å². The van der Waals surface area contributed by atoms with Crippen molar-refractivity contribution in [3.05, 3.63) is 77.3 Å². The minimum absolute atomic E-state index is 0.0135. The van der Waals surface area contributed by atoms with Crippen molar-refractivity contribution in [2.45, 2.75) is 0 Å². The number of nitrogens with zero attached hydrogens (tertiary/aromatic N) is 1. The van der Waals surface area contributed by atoms with Crippen LogP contribution in [0, 0.1) is 0 Å². The maximum atomic E-state index is 12.0. The number of para-hydroxylation sites is 1. The molecule has 0 radical (unpaired) electrons. The molecule has 1 N–H and O–H groups in total. The summed E-state index contributed by atoms with van der Waals surface area (Å²) in [6.07, 6.45) is 3.09. The van der Waals surface area contributed by atoms with E-state index in [1.807, 2.05) is 35.7 Å². The van der Waals surface area contributed by atoms with Crippen LogP contribution < -0.4 is 0 Å². The highest BCUT2D eigenvalue weighted by molar-refractivity contribution is 7.13. The Morgan fingerprint density at radius 3 is 2.55 bits per heavy atom. The summed E-state index contributed by atoms with van der Waals surface area (Å²) in [6, 6.07) is 16.4. The number of benzene rings is 2. The molecule has 1 heterocycles. The van der Waals surface area contributed by atoms with Gasteiger partial charge >= 0.3 is 0 Å². The summed E-state index contributed by atoms with van der Waals surface area (Å²) in [6.45, 7) is 0. The van der Waals surface area contributed by atoms with Crippen molar-refractivity contribution < 1.29 is 9.90 Å². The third-order valence-corrected chi connectivity index (χ3v) is 4.03. The maximum absolute atomic E-state index is 12.0. The Bertz CT molecular complexity index is 822. The molecule has 0 saturated heterocycles. The molecule has 108 valence electrons. The molecule has 0 bridgehead atoms. The molecule has 3 rings (SSSR count). The van der Waals surface area contributed by atoms with Crippen LogP contribution >= 0.6 is 11.3 Å². The summed E-state index contributed by atoms with van der Waals surface area (Å²) < 4.78 is 0. The van der Waals surface area contributed by atoms with Crippen molar-refractivity contribution in [3.63, 3.8) is 0 Å². The van der Waals surface area contributed by atoms with Gasteiger partial charge in [-0.1, -0.05) is 42.5 Å². The second-order valence-corrected chi connectivity index (χ2v) is 5.52. The van der Waals surface area contributed by atoms with Crippen LogP contribution in [0.15, 0.2) is 66.1 Å². The minimum atomic E-state index is -0.243. The average molecular weight is 307 g/mol. The van der Waals surface area contributed by atoms with Crippen LogP contribution in [0.25, 0.3) is 16.6 Å².